The molecule has 164 valence electrons. The molecule has 0 aliphatic carbocycles. The SMILES string of the molecule is CC(C)Oc1ccc(C(=O)N2CCCCC2)c(NS(=O)(=O)c2nccc3sncc23)c1. The lowest BCUT2D eigenvalue weighted by atomic mass is 10.1. The number of nitrogens with zero attached hydrogens (tertiary/aromatic N) is 3. The third-order valence-corrected chi connectivity index (χ3v) is 7.07. The van der Waals surface area contributed by atoms with Gasteiger partial charge in [0.25, 0.3) is 15.9 Å². The van der Waals surface area contributed by atoms with Crippen LogP contribution in [0.3, 0.4) is 0 Å². The van der Waals surface area contributed by atoms with Crippen LogP contribution in [0.1, 0.15) is 43.5 Å². The standard InChI is InChI=1S/C21H24N4O4S2/c1-14(2)29-15-6-7-16(21(26)25-10-4-3-5-11-25)18(12-15)24-31(27,28)20-17-13-23-30-19(17)8-9-22-20/h6-9,12-14,24H,3-5,10-11H2,1-2H3. The third-order valence-electron chi connectivity index (χ3n) is 4.98. The fourth-order valence-corrected chi connectivity index (χ4v) is 5.50. The highest BCUT2D eigenvalue weighted by molar-refractivity contribution is 7.92. The van der Waals surface area contributed by atoms with Crippen LogP contribution in [0, 0.1) is 0 Å². The van der Waals surface area contributed by atoms with Crippen molar-refractivity contribution >= 4 is 43.2 Å². The molecule has 1 amide bonds. The second kappa shape index (κ2) is 8.80. The third kappa shape index (κ3) is 4.64. The molecule has 0 bridgehead atoms. The van der Waals surface area contributed by atoms with E-state index in [2.05, 4.69) is 14.1 Å². The first-order valence-electron chi connectivity index (χ1n) is 10.2. The molecule has 31 heavy (non-hydrogen) atoms. The fourth-order valence-electron chi connectivity index (χ4n) is 3.59. The van der Waals surface area contributed by atoms with Gasteiger partial charge >= 0.3 is 0 Å². The summed E-state index contributed by atoms with van der Waals surface area (Å²) in [6, 6.07) is 6.58. The number of benzene rings is 1. The highest BCUT2D eigenvalue weighted by atomic mass is 32.2. The van der Waals surface area contributed by atoms with Crippen LogP contribution in [0.5, 0.6) is 5.75 Å². The molecule has 4 rings (SSSR count). The average molecular weight is 461 g/mol. The van der Waals surface area contributed by atoms with E-state index in [1.807, 2.05) is 13.8 Å². The molecular formula is C21H24N4O4S2. The second-order valence-corrected chi connectivity index (χ2v) is 10.1. The number of piperidine rings is 1. The van der Waals surface area contributed by atoms with Crippen LogP contribution < -0.4 is 9.46 Å². The van der Waals surface area contributed by atoms with E-state index < -0.39 is 10.0 Å². The van der Waals surface area contributed by atoms with Gasteiger partial charge in [-0.15, -0.1) is 0 Å². The van der Waals surface area contributed by atoms with Crippen LogP contribution in [0.4, 0.5) is 5.69 Å². The number of fused-ring (bicyclic) bond motifs is 1. The number of sulfonamides is 1. The summed E-state index contributed by atoms with van der Waals surface area (Å²) in [5.74, 6) is 0.281. The molecule has 1 fully saturated rings. The van der Waals surface area contributed by atoms with Gasteiger partial charge in [-0.3, -0.25) is 9.52 Å². The van der Waals surface area contributed by atoms with E-state index in [4.69, 9.17) is 4.74 Å². The first-order chi connectivity index (χ1) is 14.8. The number of nitrogens with one attached hydrogen (secondary N) is 1. The van der Waals surface area contributed by atoms with Crippen LogP contribution in [-0.4, -0.2) is 47.8 Å². The first-order valence-corrected chi connectivity index (χ1v) is 12.4. The van der Waals surface area contributed by atoms with Gasteiger partial charge in [-0.25, -0.2) is 4.98 Å². The molecule has 1 N–H and O–H groups in total. The number of hydrogen-bond donors (Lipinski definition) is 1. The van der Waals surface area contributed by atoms with Crippen molar-refractivity contribution in [3.63, 3.8) is 0 Å². The summed E-state index contributed by atoms with van der Waals surface area (Å²) >= 11 is 1.20. The maximum atomic E-state index is 13.2. The van der Waals surface area contributed by atoms with Gasteiger partial charge in [0.15, 0.2) is 5.03 Å². The lowest BCUT2D eigenvalue weighted by Crippen LogP contribution is -2.36. The molecule has 3 aromatic rings. The van der Waals surface area contributed by atoms with Gasteiger partial charge in [-0.2, -0.15) is 12.8 Å². The van der Waals surface area contributed by atoms with E-state index >= 15 is 0 Å². The zero-order chi connectivity index (χ0) is 22.0. The Hall–Kier alpha value is -2.72. The van der Waals surface area contributed by atoms with E-state index in [0.29, 0.717) is 24.2 Å². The summed E-state index contributed by atoms with van der Waals surface area (Å²) in [6.07, 6.45) is 5.80. The van der Waals surface area contributed by atoms with Crippen LogP contribution in [0.15, 0.2) is 41.7 Å². The van der Waals surface area contributed by atoms with Crippen molar-refractivity contribution in [3.8, 4) is 5.75 Å². The van der Waals surface area contributed by atoms with Crippen molar-refractivity contribution in [2.45, 2.75) is 44.2 Å². The predicted molar refractivity (Wildman–Crippen MR) is 120 cm³/mol. The van der Waals surface area contributed by atoms with Crippen molar-refractivity contribution in [3.05, 3.63) is 42.2 Å². The molecule has 2 aromatic heterocycles. The number of pyridine rings is 1. The van der Waals surface area contributed by atoms with Crippen molar-refractivity contribution in [2.75, 3.05) is 17.8 Å². The Morgan fingerprint density at radius 2 is 1.97 bits per heavy atom. The highest BCUT2D eigenvalue weighted by Crippen LogP contribution is 2.30. The minimum absolute atomic E-state index is 0.0969. The Bertz CT molecular complexity index is 1200. The number of carbonyl (C=O) groups is 1. The average Bonchev–Trinajstić information content (AvgIpc) is 3.22. The molecule has 0 unspecified atom stereocenters. The van der Waals surface area contributed by atoms with E-state index in [9.17, 15) is 13.2 Å². The molecule has 0 spiro atoms. The quantitative estimate of drug-likeness (QED) is 0.599. The summed E-state index contributed by atoms with van der Waals surface area (Å²) in [5, 5.41) is 0.323. The van der Waals surface area contributed by atoms with Gasteiger partial charge in [0.05, 0.1) is 33.6 Å². The van der Waals surface area contributed by atoms with Gasteiger partial charge < -0.3 is 9.64 Å². The Kier molecular flexibility index (Phi) is 6.10. The summed E-state index contributed by atoms with van der Waals surface area (Å²) in [4.78, 5) is 19.0. The summed E-state index contributed by atoms with van der Waals surface area (Å²) in [6.45, 7) is 5.09. The molecule has 0 atom stereocenters. The van der Waals surface area contributed by atoms with E-state index in [-0.39, 0.29) is 28.3 Å². The van der Waals surface area contributed by atoms with Crippen molar-refractivity contribution in [2.24, 2.45) is 0 Å². The van der Waals surface area contributed by atoms with Crippen LogP contribution in [0.25, 0.3) is 10.1 Å². The van der Waals surface area contributed by atoms with Crippen LogP contribution in [-0.2, 0) is 10.0 Å². The Labute approximate surface area is 185 Å². The van der Waals surface area contributed by atoms with Crippen molar-refractivity contribution < 1.29 is 17.9 Å². The number of hydrogen-bond acceptors (Lipinski definition) is 7. The molecular weight excluding hydrogens is 436 g/mol. The Balaban J connectivity index is 1.74. The number of carbonyl (C=O) groups excluding carboxylic acids is 1. The number of rotatable bonds is 6. The van der Waals surface area contributed by atoms with Crippen LogP contribution in [0.2, 0.25) is 0 Å². The Morgan fingerprint density at radius 3 is 2.71 bits per heavy atom. The predicted octanol–water partition coefficient (Wildman–Crippen LogP) is 3.91. The summed E-state index contributed by atoms with van der Waals surface area (Å²) in [5.41, 5.74) is 0.466. The molecule has 0 radical (unpaired) electrons. The molecule has 10 heteroatoms. The monoisotopic (exact) mass is 460 g/mol. The maximum absolute atomic E-state index is 13.2. The largest absolute Gasteiger partial charge is 0.491 e. The number of amides is 1. The van der Waals surface area contributed by atoms with E-state index in [1.165, 1.54) is 23.9 Å². The summed E-state index contributed by atoms with van der Waals surface area (Å²) < 4.78 is 39.6. The first kappa shape index (κ1) is 21.5. The molecule has 8 nitrogen and oxygen atoms in total. The van der Waals surface area contributed by atoms with Crippen molar-refractivity contribution in [1.82, 2.24) is 14.3 Å². The minimum atomic E-state index is -4.06. The molecule has 1 aliphatic rings. The lowest BCUT2D eigenvalue weighted by Gasteiger charge is -2.27. The van der Waals surface area contributed by atoms with E-state index in [0.717, 1.165) is 24.0 Å². The highest BCUT2D eigenvalue weighted by Gasteiger charge is 2.26. The van der Waals surface area contributed by atoms with Gasteiger partial charge in [0.1, 0.15) is 5.75 Å². The molecule has 1 aliphatic heterocycles. The molecule has 1 saturated heterocycles. The zero-order valence-electron chi connectivity index (χ0n) is 17.4. The maximum Gasteiger partial charge on any atom is 0.280 e. The fraction of sp³-hybridized carbons (Fsp3) is 0.381. The zero-order valence-corrected chi connectivity index (χ0v) is 19.0. The van der Waals surface area contributed by atoms with Gasteiger partial charge in [-0.1, -0.05) is 0 Å². The number of likely N-dealkylation sites (tertiary alicyclic amines) is 1. The number of aromatic nitrogens is 2. The lowest BCUT2D eigenvalue weighted by molar-refractivity contribution is 0.0725. The molecule has 0 saturated carbocycles. The van der Waals surface area contributed by atoms with Gasteiger partial charge in [0, 0.05) is 25.4 Å². The topological polar surface area (TPSA) is 101 Å². The second-order valence-electron chi connectivity index (χ2n) is 7.69. The number of anilines is 1. The normalized spacial score (nSPS) is 14.7. The van der Waals surface area contributed by atoms with Crippen LogP contribution >= 0.6 is 11.5 Å². The molecule has 1 aromatic carbocycles. The smallest absolute Gasteiger partial charge is 0.280 e. The number of ether oxygens (including phenoxy) is 1. The molecule has 3 heterocycles. The van der Waals surface area contributed by atoms with Gasteiger partial charge in [0.2, 0.25) is 0 Å². The van der Waals surface area contributed by atoms with Crippen molar-refractivity contribution in [1.29, 1.82) is 0 Å². The minimum Gasteiger partial charge on any atom is -0.491 e. The Morgan fingerprint density at radius 1 is 1.19 bits per heavy atom. The van der Waals surface area contributed by atoms with E-state index in [1.54, 1.807) is 29.2 Å². The summed E-state index contributed by atoms with van der Waals surface area (Å²) in [7, 11) is -4.06. The van der Waals surface area contributed by atoms with Gasteiger partial charge in [-0.05, 0) is 62.8 Å².